The molecule has 1 N–H and O–H groups in total. The average molecular weight is 361 g/mol. The summed E-state index contributed by atoms with van der Waals surface area (Å²) in [5.41, 5.74) is 1.84. The number of rotatable bonds is 4. The van der Waals surface area contributed by atoms with Crippen LogP contribution in [0, 0.1) is 6.92 Å². The quantitative estimate of drug-likeness (QED) is 0.847. The monoisotopic (exact) mass is 360 g/mol. The van der Waals surface area contributed by atoms with Gasteiger partial charge in [0.25, 0.3) is 0 Å². The van der Waals surface area contributed by atoms with Gasteiger partial charge in [-0.15, -0.1) is 0 Å². The van der Waals surface area contributed by atoms with Crippen LogP contribution in [0.1, 0.15) is 5.56 Å². The number of anilines is 3. The second-order valence-electron chi connectivity index (χ2n) is 4.66. The molecule has 0 bridgehead atoms. The first kappa shape index (κ1) is 16.8. The molecule has 1 aromatic carbocycles. The van der Waals surface area contributed by atoms with E-state index in [-0.39, 0.29) is 10.3 Å². The third kappa shape index (κ3) is 3.60. The Morgan fingerprint density at radius 1 is 1.27 bits per heavy atom. The van der Waals surface area contributed by atoms with Crippen molar-refractivity contribution < 1.29 is 8.42 Å². The lowest BCUT2D eigenvalue weighted by Crippen LogP contribution is -2.26. The molecule has 0 saturated carbocycles. The maximum absolute atomic E-state index is 11.8. The van der Waals surface area contributed by atoms with Crippen molar-refractivity contribution in [2.24, 2.45) is 0 Å². The molecular weight excluding hydrogens is 347 g/mol. The van der Waals surface area contributed by atoms with Crippen LogP contribution in [0.3, 0.4) is 0 Å². The first-order valence-electron chi connectivity index (χ1n) is 6.18. The molecule has 0 radical (unpaired) electrons. The summed E-state index contributed by atoms with van der Waals surface area (Å²) in [5, 5.41) is 3.32. The Morgan fingerprint density at radius 3 is 2.59 bits per heavy atom. The first-order chi connectivity index (χ1) is 10.2. The van der Waals surface area contributed by atoms with Crippen molar-refractivity contribution in [3.63, 3.8) is 0 Å². The van der Waals surface area contributed by atoms with E-state index in [1.807, 2.05) is 13.0 Å². The zero-order valence-electron chi connectivity index (χ0n) is 12.1. The lowest BCUT2D eigenvalue weighted by Gasteiger charge is -2.23. The minimum absolute atomic E-state index is 0.0394. The van der Waals surface area contributed by atoms with Gasteiger partial charge in [0, 0.05) is 7.05 Å². The Bertz CT molecular complexity index is 812. The van der Waals surface area contributed by atoms with Crippen molar-refractivity contribution in [2.45, 2.75) is 6.92 Å². The van der Waals surface area contributed by atoms with Gasteiger partial charge in [-0.05, 0) is 30.2 Å². The smallest absolute Gasteiger partial charge is 0.232 e. The number of nitrogens with zero attached hydrogens (tertiary/aromatic N) is 3. The third-order valence-corrected chi connectivity index (χ3v) is 4.65. The Balaban J connectivity index is 2.53. The summed E-state index contributed by atoms with van der Waals surface area (Å²) in [6.07, 6.45) is 2.51. The Morgan fingerprint density at radius 2 is 1.95 bits per heavy atom. The van der Waals surface area contributed by atoms with Gasteiger partial charge in [0.15, 0.2) is 5.82 Å². The number of nitrogens with one attached hydrogen (secondary N) is 1. The molecule has 0 aliphatic carbocycles. The third-order valence-electron chi connectivity index (χ3n) is 3.02. The van der Waals surface area contributed by atoms with E-state index in [9.17, 15) is 8.42 Å². The number of benzene rings is 1. The summed E-state index contributed by atoms with van der Waals surface area (Å²) in [4.78, 5) is 7.78. The fourth-order valence-electron chi connectivity index (χ4n) is 1.90. The van der Waals surface area contributed by atoms with Crippen LogP contribution in [-0.2, 0) is 10.0 Å². The van der Waals surface area contributed by atoms with Gasteiger partial charge in [0.05, 0.1) is 23.8 Å². The molecule has 6 nitrogen and oxygen atoms in total. The predicted molar refractivity (Wildman–Crippen MR) is 89.8 cm³/mol. The highest BCUT2D eigenvalue weighted by Crippen LogP contribution is 2.34. The molecule has 9 heteroatoms. The Hall–Kier alpha value is -1.57. The van der Waals surface area contributed by atoms with E-state index in [4.69, 9.17) is 23.2 Å². The van der Waals surface area contributed by atoms with Crippen molar-refractivity contribution in [1.29, 1.82) is 0 Å². The molecule has 2 aromatic rings. The minimum Gasteiger partial charge on any atom is -0.337 e. The highest BCUT2D eigenvalue weighted by Gasteiger charge is 2.19. The lowest BCUT2D eigenvalue weighted by molar-refractivity contribution is 0.600. The van der Waals surface area contributed by atoms with E-state index < -0.39 is 10.0 Å². The zero-order valence-corrected chi connectivity index (χ0v) is 14.5. The van der Waals surface area contributed by atoms with Crippen LogP contribution >= 0.6 is 23.2 Å². The summed E-state index contributed by atoms with van der Waals surface area (Å²) < 4.78 is 24.9. The summed E-state index contributed by atoms with van der Waals surface area (Å²) in [5.74, 6) is 0.301. The molecule has 1 aromatic heterocycles. The van der Waals surface area contributed by atoms with Gasteiger partial charge in [-0.2, -0.15) is 4.98 Å². The Kier molecular flexibility index (Phi) is 4.79. The van der Waals surface area contributed by atoms with E-state index in [0.717, 1.165) is 11.8 Å². The van der Waals surface area contributed by atoms with E-state index in [0.29, 0.717) is 17.2 Å². The molecule has 118 valence electrons. The normalized spacial score (nSPS) is 11.3. The van der Waals surface area contributed by atoms with Crippen LogP contribution in [0.15, 0.2) is 24.4 Å². The molecule has 0 spiro atoms. The lowest BCUT2D eigenvalue weighted by atomic mass is 10.1. The van der Waals surface area contributed by atoms with Crippen molar-refractivity contribution in [3.05, 3.63) is 40.3 Å². The largest absolute Gasteiger partial charge is 0.337 e. The highest BCUT2D eigenvalue weighted by atomic mass is 35.5. The predicted octanol–water partition coefficient (Wildman–Crippen LogP) is 3.23. The van der Waals surface area contributed by atoms with E-state index in [1.165, 1.54) is 17.5 Å². The zero-order chi connectivity index (χ0) is 16.5. The van der Waals surface area contributed by atoms with Gasteiger partial charge in [-0.25, -0.2) is 13.4 Å². The van der Waals surface area contributed by atoms with Gasteiger partial charge >= 0.3 is 0 Å². The van der Waals surface area contributed by atoms with Crippen molar-refractivity contribution in [3.8, 4) is 0 Å². The van der Waals surface area contributed by atoms with Crippen LogP contribution in [0.5, 0.6) is 0 Å². The van der Waals surface area contributed by atoms with E-state index in [1.54, 1.807) is 12.1 Å². The fraction of sp³-hybridized carbons (Fsp3) is 0.231. The number of sulfonamides is 1. The number of hydrogen-bond donors (Lipinski definition) is 1. The number of aryl methyl sites for hydroxylation is 1. The second kappa shape index (κ2) is 6.28. The van der Waals surface area contributed by atoms with Crippen molar-refractivity contribution in [2.75, 3.05) is 22.9 Å². The molecule has 0 unspecified atom stereocenters. The van der Waals surface area contributed by atoms with Crippen LogP contribution in [0.25, 0.3) is 0 Å². The average Bonchev–Trinajstić information content (AvgIpc) is 2.41. The number of halogens is 2. The molecule has 0 aliphatic rings. The van der Waals surface area contributed by atoms with Crippen molar-refractivity contribution in [1.82, 2.24) is 9.97 Å². The number of para-hydroxylation sites is 1. The first-order valence-corrected chi connectivity index (χ1v) is 8.79. The van der Waals surface area contributed by atoms with Crippen LogP contribution in [0.4, 0.5) is 17.2 Å². The molecule has 0 fully saturated rings. The second-order valence-corrected chi connectivity index (χ2v) is 7.42. The molecule has 0 atom stereocenters. The van der Waals surface area contributed by atoms with Gasteiger partial charge in [0.2, 0.25) is 15.3 Å². The SMILES string of the molecule is Cc1cccc(Nc2nc(Cl)ncc2Cl)c1N(C)S(C)(=O)=O. The maximum Gasteiger partial charge on any atom is 0.232 e. The van der Waals surface area contributed by atoms with Gasteiger partial charge in [-0.1, -0.05) is 23.7 Å². The molecule has 0 aliphatic heterocycles. The molecule has 0 saturated heterocycles. The molecule has 1 heterocycles. The highest BCUT2D eigenvalue weighted by molar-refractivity contribution is 7.92. The summed E-state index contributed by atoms with van der Waals surface area (Å²) in [7, 11) is -1.93. The van der Waals surface area contributed by atoms with Crippen LogP contribution < -0.4 is 9.62 Å². The van der Waals surface area contributed by atoms with Crippen LogP contribution in [0.2, 0.25) is 10.3 Å². The summed E-state index contributed by atoms with van der Waals surface area (Å²) in [6, 6.07) is 5.35. The van der Waals surface area contributed by atoms with E-state index in [2.05, 4.69) is 15.3 Å². The van der Waals surface area contributed by atoms with Gasteiger partial charge in [-0.3, -0.25) is 4.31 Å². The standard InChI is InChI=1S/C13H14Cl2N4O2S/c1-8-5-4-6-10(11(8)19(2)22(3,20)21)17-12-9(14)7-16-13(15)18-12/h4-7H,1-3H3,(H,16,17,18). The van der Waals surface area contributed by atoms with Crippen LogP contribution in [-0.4, -0.2) is 31.7 Å². The summed E-state index contributed by atoms with van der Waals surface area (Å²) in [6.45, 7) is 1.82. The molecule has 0 amide bonds. The topological polar surface area (TPSA) is 75.2 Å². The molecule has 22 heavy (non-hydrogen) atoms. The number of hydrogen-bond acceptors (Lipinski definition) is 5. The summed E-state index contributed by atoms with van der Waals surface area (Å²) >= 11 is 11.8. The maximum atomic E-state index is 11.8. The van der Waals surface area contributed by atoms with Gasteiger partial charge in [0.1, 0.15) is 5.02 Å². The molecular formula is C13H14Cl2N4O2S. The van der Waals surface area contributed by atoms with Crippen molar-refractivity contribution >= 4 is 50.4 Å². The minimum atomic E-state index is -3.41. The Labute approximate surface area is 139 Å². The molecule has 2 rings (SSSR count). The fourth-order valence-corrected chi connectivity index (χ4v) is 2.75. The van der Waals surface area contributed by atoms with Gasteiger partial charge < -0.3 is 5.32 Å². The van der Waals surface area contributed by atoms with E-state index >= 15 is 0 Å². The number of aromatic nitrogens is 2.